The lowest BCUT2D eigenvalue weighted by Gasteiger charge is -2.27. The minimum atomic E-state index is -1.78. The summed E-state index contributed by atoms with van der Waals surface area (Å²) in [6.45, 7) is 8.59. The molecule has 24 heteroatoms. The molecule has 0 aromatic heterocycles. The molecule has 1 aromatic carbocycles. The third-order valence-corrected chi connectivity index (χ3v) is 8.82. The SMILES string of the molecule is C[C@H](N)C(=O)N[C@H](C(=O)N[C@@H](C)C(=O)N[C@@H](C)C(=O)N[C@@H](C)C(=O)N[C@H](C(=O)N[C@@H](CCC(=O)O)C(=O)N[C@@H](C)C(=O)N[C@@H](Cc1ccc(O)cc1)C(=O)O)[C@@H](C)O)[C@@H](C)O. The van der Waals surface area contributed by atoms with Crippen molar-refractivity contribution < 1.29 is 73.5 Å². The van der Waals surface area contributed by atoms with E-state index in [1.807, 2.05) is 0 Å². The van der Waals surface area contributed by atoms with Gasteiger partial charge in [0.15, 0.2) is 0 Å². The van der Waals surface area contributed by atoms with Crippen molar-refractivity contribution in [1.82, 2.24) is 42.5 Å². The number of nitrogens with two attached hydrogens (primary N) is 1. The van der Waals surface area contributed by atoms with Crippen molar-refractivity contribution in [3.8, 4) is 5.75 Å². The zero-order valence-corrected chi connectivity index (χ0v) is 34.7. The first-order chi connectivity index (χ1) is 28.2. The fraction of sp³-hybridized carbons (Fsp3) is 0.568. The summed E-state index contributed by atoms with van der Waals surface area (Å²) in [7, 11) is 0. The summed E-state index contributed by atoms with van der Waals surface area (Å²) < 4.78 is 0. The number of phenolic OH excluding ortho intramolecular Hbond substituents is 1. The van der Waals surface area contributed by atoms with Crippen molar-refractivity contribution in [1.29, 1.82) is 0 Å². The van der Waals surface area contributed by atoms with Crippen LogP contribution in [0.4, 0.5) is 0 Å². The van der Waals surface area contributed by atoms with Gasteiger partial charge in [-0.2, -0.15) is 0 Å². The van der Waals surface area contributed by atoms with E-state index < -0.39 is 139 Å². The van der Waals surface area contributed by atoms with E-state index in [9.17, 15) is 73.5 Å². The van der Waals surface area contributed by atoms with Gasteiger partial charge in [0.25, 0.3) is 0 Å². The third-order valence-electron chi connectivity index (χ3n) is 8.82. The van der Waals surface area contributed by atoms with Crippen molar-refractivity contribution in [3.05, 3.63) is 29.8 Å². The minimum absolute atomic E-state index is 0.0632. The predicted molar refractivity (Wildman–Crippen MR) is 211 cm³/mol. The third kappa shape index (κ3) is 18.2. The fourth-order valence-electron chi connectivity index (χ4n) is 5.09. The molecule has 0 saturated carbocycles. The lowest BCUT2D eigenvalue weighted by molar-refractivity contribution is -0.142. The molecule has 61 heavy (non-hydrogen) atoms. The Kier molecular flexibility index (Phi) is 21.2. The van der Waals surface area contributed by atoms with Crippen LogP contribution in [0.25, 0.3) is 0 Å². The zero-order chi connectivity index (χ0) is 46.9. The second-order valence-corrected chi connectivity index (χ2v) is 14.4. The van der Waals surface area contributed by atoms with Crippen molar-refractivity contribution in [3.63, 3.8) is 0 Å². The smallest absolute Gasteiger partial charge is 0.326 e. The van der Waals surface area contributed by atoms with Crippen LogP contribution in [0.1, 0.15) is 66.9 Å². The number of rotatable bonds is 24. The highest BCUT2D eigenvalue weighted by Crippen LogP contribution is 2.12. The van der Waals surface area contributed by atoms with E-state index in [0.717, 1.165) is 6.92 Å². The Morgan fingerprint density at radius 2 is 0.869 bits per heavy atom. The van der Waals surface area contributed by atoms with Gasteiger partial charge in [0.05, 0.1) is 18.2 Å². The van der Waals surface area contributed by atoms with Gasteiger partial charge in [0.2, 0.25) is 47.3 Å². The summed E-state index contributed by atoms with van der Waals surface area (Å²) in [4.78, 5) is 126. The van der Waals surface area contributed by atoms with E-state index in [-0.39, 0.29) is 12.2 Å². The molecule has 1 rings (SSSR count). The van der Waals surface area contributed by atoms with E-state index in [1.165, 1.54) is 65.8 Å². The zero-order valence-electron chi connectivity index (χ0n) is 34.7. The van der Waals surface area contributed by atoms with Crippen molar-refractivity contribution >= 4 is 59.2 Å². The van der Waals surface area contributed by atoms with E-state index in [0.29, 0.717) is 5.56 Å². The molecule has 0 saturated heterocycles. The van der Waals surface area contributed by atoms with Crippen LogP contribution in [-0.2, 0) is 54.4 Å². The molecule has 8 amide bonds. The quantitative estimate of drug-likeness (QED) is 0.0462. The largest absolute Gasteiger partial charge is 0.508 e. The monoisotopic (exact) mass is 867 g/mol. The summed E-state index contributed by atoms with van der Waals surface area (Å²) >= 11 is 0. The van der Waals surface area contributed by atoms with Gasteiger partial charge in [-0.05, 0) is 72.6 Å². The number of carboxylic acids is 2. The van der Waals surface area contributed by atoms with Crippen LogP contribution in [0, 0.1) is 0 Å². The van der Waals surface area contributed by atoms with Crippen LogP contribution in [0.2, 0.25) is 0 Å². The molecular weight excluding hydrogens is 810 g/mol. The van der Waals surface area contributed by atoms with Crippen LogP contribution < -0.4 is 48.3 Å². The Hall–Kier alpha value is -6.40. The van der Waals surface area contributed by atoms with Crippen molar-refractivity contribution in [2.24, 2.45) is 5.73 Å². The topological polar surface area (TPSA) is 394 Å². The second kappa shape index (κ2) is 24.6. The molecule has 0 unspecified atom stereocenters. The second-order valence-electron chi connectivity index (χ2n) is 14.4. The number of hydrogen-bond donors (Lipinski definition) is 14. The lowest BCUT2D eigenvalue weighted by atomic mass is 10.1. The number of aliphatic hydroxyl groups excluding tert-OH is 2. The number of nitrogens with one attached hydrogen (secondary N) is 8. The molecule has 0 heterocycles. The Morgan fingerprint density at radius 1 is 0.508 bits per heavy atom. The van der Waals surface area contributed by atoms with Gasteiger partial charge in [-0.25, -0.2) is 4.79 Å². The molecule has 0 fully saturated rings. The van der Waals surface area contributed by atoms with Crippen molar-refractivity contribution in [2.75, 3.05) is 0 Å². The number of phenols is 1. The van der Waals surface area contributed by atoms with Gasteiger partial charge in [0.1, 0.15) is 54.1 Å². The normalized spacial score (nSPS) is 16.4. The molecule has 11 atom stereocenters. The Morgan fingerprint density at radius 3 is 1.28 bits per heavy atom. The molecule has 0 bridgehead atoms. The number of hydrogen-bond acceptors (Lipinski definition) is 14. The standard InChI is InChI=1S/C37H57N9O15/c1-15(38)29(52)45-27(20(6)47)35(58)42-17(3)31(54)39-16(2)30(53)40-19(5)33(56)46-28(21(7)48)36(59)43-24(12-13-26(50)51)34(57)41-18(4)32(55)44-25(37(60)61)14-22-8-10-23(49)11-9-22/h8-11,15-21,24-25,27-28,47-49H,12-14,38H2,1-7H3,(H,39,54)(H,40,53)(H,41,57)(H,42,58)(H,43,59)(H,44,55)(H,45,52)(H,46,56)(H,50,51)(H,60,61)/t15-,16-,17-,18-,19-,20+,21+,24-,25-,27-,28-/m0/s1. The predicted octanol–water partition coefficient (Wildman–Crippen LogP) is -5.05. The highest BCUT2D eigenvalue weighted by molar-refractivity contribution is 5.98. The highest BCUT2D eigenvalue weighted by Gasteiger charge is 2.34. The van der Waals surface area contributed by atoms with Crippen LogP contribution in [0.3, 0.4) is 0 Å². The number of benzene rings is 1. The number of carbonyl (C=O) groups is 10. The molecule has 0 spiro atoms. The summed E-state index contributed by atoms with van der Waals surface area (Å²) in [6, 6.07) is -7.21. The van der Waals surface area contributed by atoms with Gasteiger partial charge in [-0.1, -0.05) is 12.1 Å². The number of aliphatic carboxylic acids is 2. The molecule has 15 N–H and O–H groups in total. The summed E-state index contributed by atoms with van der Waals surface area (Å²) in [6.07, 6.45) is -4.36. The van der Waals surface area contributed by atoms with Crippen LogP contribution in [0.15, 0.2) is 24.3 Å². The number of carboxylic acid groups (broad SMARTS) is 2. The maximum Gasteiger partial charge on any atom is 0.326 e. The Labute approximate surface area is 350 Å². The molecule has 0 radical (unpaired) electrons. The number of aliphatic hydroxyl groups is 2. The minimum Gasteiger partial charge on any atom is -0.508 e. The summed E-state index contributed by atoms with van der Waals surface area (Å²) in [5.74, 6) is -10.5. The first-order valence-corrected chi connectivity index (χ1v) is 19.0. The van der Waals surface area contributed by atoms with Crippen molar-refractivity contribution in [2.45, 2.75) is 134 Å². The van der Waals surface area contributed by atoms with E-state index in [1.54, 1.807) is 0 Å². The molecule has 340 valence electrons. The Bertz CT molecular complexity index is 1760. The lowest BCUT2D eigenvalue weighted by Crippen LogP contribution is -2.61. The summed E-state index contributed by atoms with van der Waals surface area (Å²) in [5, 5.41) is 66.8. The van der Waals surface area contributed by atoms with E-state index in [4.69, 9.17) is 5.73 Å². The molecular formula is C37H57N9O15. The van der Waals surface area contributed by atoms with E-state index in [2.05, 4.69) is 42.5 Å². The maximum absolute atomic E-state index is 13.3. The first kappa shape index (κ1) is 52.6. The fourth-order valence-corrected chi connectivity index (χ4v) is 5.09. The molecule has 0 aliphatic carbocycles. The molecule has 0 aliphatic heterocycles. The first-order valence-electron chi connectivity index (χ1n) is 19.0. The Balaban J connectivity index is 2.93. The van der Waals surface area contributed by atoms with Gasteiger partial charge in [-0.3, -0.25) is 43.2 Å². The number of amides is 8. The van der Waals surface area contributed by atoms with Gasteiger partial charge in [-0.15, -0.1) is 0 Å². The maximum atomic E-state index is 13.3. The summed E-state index contributed by atoms with van der Waals surface area (Å²) in [5.41, 5.74) is 5.94. The van der Waals surface area contributed by atoms with Crippen LogP contribution in [-0.4, -0.2) is 151 Å². The van der Waals surface area contributed by atoms with Crippen LogP contribution >= 0.6 is 0 Å². The van der Waals surface area contributed by atoms with Crippen LogP contribution in [0.5, 0.6) is 5.75 Å². The average molecular weight is 868 g/mol. The van der Waals surface area contributed by atoms with Gasteiger partial charge < -0.3 is 73.8 Å². The van der Waals surface area contributed by atoms with E-state index >= 15 is 0 Å². The van der Waals surface area contributed by atoms with Gasteiger partial charge >= 0.3 is 11.9 Å². The number of carbonyl (C=O) groups excluding carboxylic acids is 8. The molecule has 24 nitrogen and oxygen atoms in total. The molecule has 1 aromatic rings. The number of aromatic hydroxyl groups is 1. The van der Waals surface area contributed by atoms with Gasteiger partial charge in [0, 0.05) is 12.8 Å². The average Bonchev–Trinajstić information content (AvgIpc) is 3.16. The highest BCUT2D eigenvalue weighted by atomic mass is 16.4. The molecule has 0 aliphatic rings.